The first kappa shape index (κ1) is 43.3. The molecule has 1 aliphatic heterocycles. The Balaban J connectivity index is 0.00000968. The summed E-state index contributed by atoms with van der Waals surface area (Å²) in [7, 11) is 1.70. The Labute approximate surface area is 283 Å². The largest absolute Gasteiger partial charge is 0.493 e. The number of hydrogen-bond donors (Lipinski definition) is 4. The zero-order valence-corrected chi connectivity index (χ0v) is 29.6. The molecule has 1 fully saturated rings. The number of nitrogens with one attached hydrogen (secondary N) is 2. The highest BCUT2D eigenvalue weighted by atomic mass is 35.5. The van der Waals surface area contributed by atoms with Crippen molar-refractivity contribution in [1.82, 2.24) is 15.5 Å². The van der Waals surface area contributed by atoms with E-state index in [0.717, 1.165) is 58.7 Å². The van der Waals surface area contributed by atoms with Crippen LogP contribution in [0.5, 0.6) is 5.75 Å². The second-order valence-electron chi connectivity index (χ2n) is 12.4. The standard InChI is InChI=1S/C33H58N4O6.2ClH/c1-24(2)26(23-36-32(39)27-11-7-8-12-31(27)43-18-10-6-9-17-41-5)21-29(34)30(38)22-28(25(3)4)33(40)35-13-14-37-15-19-42-20-16-37;;/h7-8,11-12,24-26,28-30,38H,6,9-10,13-23,34H2,1-5H3,(H,35,40)(H,36,39);2*1H/t26-,28+,29+,30+;;/m1../s1. The maximum absolute atomic E-state index is 13.1. The number of carbonyl (C=O) groups excluding carboxylic acids is 2. The van der Waals surface area contributed by atoms with Gasteiger partial charge in [0.25, 0.3) is 5.91 Å². The quantitative estimate of drug-likeness (QED) is 0.144. The first-order chi connectivity index (χ1) is 20.6. The maximum atomic E-state index is 13.1. The van der Waals surface area contributed by atoms with Crippen LogP contribution < -0.4 is 21.1 Å². The van der Waals surface area contributed by atoms with Gasteiger partial charge in [-0.1, -0.05) is 39.8 Å². The number of amides is 2. The summed E-state index contributed by atoms with van der Waals surface area (Å²) in [5, 5.41) is 17.2. The number of halogens is 2. The van der Waals surface area contributed by atoms with Crippen molar-refractivity contribution in [2.75, 3.05) is 66.3 Å². The second kappa shape index (κ2) is 24.5. The molecular formula is C33H60Cl2N4O6. The van der Waals surface area contributed by atoms with E-state index in [1.807, 2.05) is 32.0 Å². The number of unbranched alkanes of at least 4 members (excludes halogenated alkanes) is 2. The zero-order chi connectivity index (χ0) is 31.6. The van der Waals surface area contributed by atoms with Crippen molar-refractivity contribution in [2.24, 2.45) is 29.4 Å². The SMILES string of the molecule is COCCCCCOc1ccccc1C(=O)NC[C@@H](C[C@H](N)[C@@H](O)C[C@H](C(=O)NCCN1CCOCC1)C(C)C)C(C)C.Cl.Cl. The van der Waals surface area contributed by atoms with Gasteiger partial charge in [0.15, 0.2) is 0 Å². The molecule has 10 nitrogen and oxygen atoms in total. The molecule has 1 aliphatic rings. The molecule has 1 saturated heterocycles. The second-order valence-corrected chi connectivity index (χ2v) is 12.4. The lowest BCUT2D eigenvalue weighted by molar-refractivity contribution is -0.127. The summed E-state index contributed by atoms with van der Waals surface area (Å²) < 4.78 is 16.4. The van der Waals surface area contributed by atoms with E-state index in [9.17, 15) is 14.7 Å². The lowest BCUT2D eigenvalue weighted by atomic mass is 9.83. The van der Waals surface area contributed by atoms with Crippen LogP contribution in [0.15, 0.2) is 24.3 Å². The molecule has 4 atom stereocenters. The molecule has 0 aromatic heterocycles. The Kier molecular flexibility index (Phi) is 23.6. The van der Waals surface area contributed by atoms with Crippen LogP contribution in [-0.4, -0.2) is 100 Å². The molecule has 5 N–H and O–H groups in total. The monoisotopic (exact) mass is 678 g/mol. The van der Waals surface area contributed by atoms with E-state index in [-0.39, 0.29) is 60.3 Å². The minimum atomic E-state index is -0.827. The number of hydrogen-bond acceptors (Lipinski definition) is 8. The number of methoxy groups -OCH3 is 1. The maximum Gasteiger partial charge on any atom is 0.255 e. The molecule has 0 aliphatic carbocycles. The number of benzene rings is 1. The number of rotatable bonds is 21. The van der Waals surface area contributed by atoms with E-state index in [0.29, 0.717) is 43.9 Å². The molecule has 1 aromatic rings. The van der Waals surface area contributed by atoms with E-state index < -0.39 is 12.1 Å². The summed E-state index contributed by atoms with van der Waals surface area (Å²) in [5.41, 5.74) is 7.01. The van der Waals surface area contributed by atoms with Crippen molar-refractivity contribution in [2.45, 2.75) is 71.9 Å². The summed E-state index contributed by atoms with van der Waals surface area (Å²) in [6.07, 6.45) is 2.88. The Morgan fingerprint density at radius 3 is 2.29 bits per heavy atom. The highest BCUT2D eigenvalue weighted by Crippen LogP contribution is 2.24. The average molecular weight is 680 g/mol. The van der Waals surface area contributed by atoms with Crippen molar-refractivity contribution in [3.05, 3.63) is 29.8 Å². The van der Waals surface area contributed by atoms with Crippen LogP contribution in [-0.2, 0) is 14.3 Å². The van der Waals surface area contributed by atoms with Crippen molar-refractivity contribution >= 4 is 36.6 Å². The summed E-state index contributed by atoms with van der Waals surface area (Å²) >= 11 is 0. The minimum absolute atomic E-state index is 0. The van der Waals surface area contributed by atoms with Crippen molar-refractivity contribution in [3.8, 4) is 5.75 Å². The first-order valence-corrected chi connectivity index (χ1v) is 16.1. The predicted octanol–water partition coefficient (Wildman–Crippen LogP) is 3.92. The summed E-state index contributed by atoms with van der Waals surface area (Å²) in [6, 6.07) is 6.77. The Morgan fingerprint density at radius 2 is 1.64 bits per heavy atom. The Hall–Kier alpha value is -1.66. The van der Waals surface area contributed by atoms with Crippen molar-refractivity contribution < 1.29 is 28.9 Å². The van der Waals surface area contributed by atoms with E-state index in [1.165, 1.54) is 0 Å². The van der Waals surface area contributed by atoms with E-state index in [1.54, 1.807) is 13.2 Å². The highest BCUT2D eigenvalue weighted by Gasteiger charge is 2.30. The zero-order valence-electron chi connectivity index (χ0n) is 28.0. The molecule has 0 spiro atoms. The fourth-order valence-electron chi connectivity index (χ4n) is 5.31. The molecule has 262 valence electrons. The van der Waals surface area contributed by atoms with Gasteiger partial charge in [-0.25, -0.2) is 0 Å². The molecule has 45 heavy (non-hydrogen) atoms. The topological polar surface area (TPSA) is 135 Å². The van der Waals surface area contributed by atoms with Gasteiger partial charge in [-0.2, -0.15) is 0 Å². The molecule has 0 radical (unpaired) electrons. The van der Waals surface area contributed by atoms with Gasteiger partial charge in [0.05, 0.1) is 31.5 Å². The number of para-hydroxylation sites is 1. The van der Waals surface area contributed by atoms with Gasteiger partial charge in [-0.05, 0) is 62.0 Å². The number of aliphatic hydroxyl groups excluding tert-OH is 1. The van der Waals surface area contributed by atoms with Gasteiger partial charge in [-0.15, -0.1) is 24.8 Å². The normalized spacial score (nSPS) is 16.2. The summed E-state index contributed by atoms with van der Waals surface area (Å²) in [5.74, 6) is 0.366. The van der Waals surface area contributed by atoms with Crippen LogP contribution in [0, 0.1) is 23.7 Å². The van der Waals surface area contributed by atoms with E-state index in [4.69, 9.17) is 19.9 Å². The van der Waals surface area contributed by atoms with Crippen LogP contribution in [0.3, 0.4) is 0 Å². The third-order valence-corrected chi connectivity index (χ3v) is 8.39. The number of nitrogens with two attached hydrogens (primary N) is 1. The fourth-order valence-corrected chi connectivity index (χ4v) is 5.31. The molecule has 0 unspecified atom stereocenters. The average Bonchev–Trinajstić information content (AvgIpc) is 2.99. The van der Waals surface area contributed by atoms with E-state index >= 15 is 0 Å². The molecule has 0 bridgehead atoms. The molecule has 1 aromatic carbocycles. The van der Waals surface area contributed by atoms with Crippen LogP contribution in [0.1, 0.15) is 70.2 Å². The van der Waals surface area contributed by atoms with Crippen molar-refractivity contribution in [3.63, 3.8) is 0 Å². The van der Waals surface area contributed by atoms with Gasteiger partial charge >= 0.3 is 0 Å². The van der Waals surface area contributed by atoms with Crippen LogP contribution >= 0.6 is 24.8 Å². The third kappa shape index (κ3) is 16.6. The molecule has 2 rings (SSSR count). The van der Waals surface area contributed by atoms with E-state index in [2.05, 4.69) is 29.4 Å². The highest BCUT2D eigenvalue weighted by molar-refractivity contribution is 5.96. The molecule has 1 heterocycles. The lowest BCUT2D eigenvalue weighted by Gasteiger charge is -2.30. The molecule has 12 heteroatoms. The summed E-state index contributed by atoms with van der Waals surface area (Å²) in [4.78, 5) is 28.4. The number of carbonyl (C=O) groups is 2. The Bertz CT molecular complexity index is 936. The van der Waals surface area contributed by atoms with Gasteiger partial charge < -0.3 is 35.7 Å². The first-order valence-electron chi connectivity index (χ1n) is 16.1. The molecule has 0 saturated carbocycles. The van der Waals surface area contributed by atoms with Gasteiger partial charge in [0.1, 0.15) is 5.75 Å². The van der Waals surface area contributed by atoms with Crippen LogP contribution in [0.2, 0.25) is 0 Å². The van der Waals surface area contributed by atoms with Crippen LogP contribution in [0.25, 0.3) is 0 Å². The smallest absolute Gasteiger partial charge is 0.255 e. The summed E-state index contributed by atoms with van der Waals surface area (Å²) in [6.45, 7) is 14.5. The van der Waals surface area contributed by atoms with Gasteiger partial charge in [-0.3, -0.25) is 14.5 Å². The predicted molar refractivity (Wildman–Crippen MR) is 185 cm³/mol. The molecule has 2 amide bonds. The van der Waals surface area contributed by atoms with Crippen LogP contribution in [0.4, 0.5) is 0 Å². The number of ether oxygens (including phenoxy) is 3. The fraction of sp³-hybridized carbons (Fsp3) is 0.758. The van der Waals surface area contributed by atoms with Gasteiger partial charge in [0, 0.05) is 58.4 Å². The number of morpholine rings is 1. The van der Waals surface area contributed by atoms with Gasteiger partial charge in [0.2, 0.25) is 5.91 Å². The number of nitrogens with zero attached hydrogens (tertiary/aromatic N) is 1. The molecular weight excluding hydrogens is 619 g/mol. The number of aliphatic hydroxyl groups is 1. The minimum Gasteiger partial charge on any atom is -0.493 e. The Morgan fingerprint density at radius 1 is 0.978 bits per heavy atom. The third-order valence-electron chi connectivity index (χ3n) is 8.39. The lowest BCUT2D eigenvalue weighted by Crippen LogP contribution is -2.45. The van der Waals surface area contributed by atoms with Crippen molar-refractivity contribution in [1.29, 1.82) is 0 Å².